The van der Waals surface area contributed by atoms with E-state index in [1.165, 1.54) is 18.6 Å². The fourth-order valence-electron chi connectivity index (χ4n) is 2.60. The molecule has 0 saturated heterocycles. The van der Waals surface area contributed by atoms with Gasteiger partial charge in [-0.15, -0.1) is 0 Å². The molecule has 28 heavy (non-hydrogen) atoms. The van der Waals surface area contributed by atoms with Crippen LogP contribution in [0.4, 0.5) is 13.2 Å². The monoisotopic (exact) mass is 427 g/mol. The normalized spacial score (nSPS) is 11.5. The molecule has 2 aromatic carbocycles. The summed E-state index contributed by atoms with van der Waals surface area (Å²) in [5, 5.41) is 3.30. The number of benzene rings is 2. The number of imidazole rings is 1. The highest BCUT2D eigenvalue weighted by molar-refractivity contribution is 6.42. The van der Waals surface area contributed by atoms with Gasteiger partial charge in [0.1, 0.15) is 0 Å². The number of carbonyl (C=O) groups excluding carboxylic acids is 1. The molecule has 0 atom stereocenters. The van der Waals surface area contributed by atoms with E-state index in [4.69, 9.17) is 23.2 Å². The van der Waals surface area contributed by atoms with Crippen LogP contribution in [0.2, 0.25) is 10.0 Å². The van der Waals surface area contributed by atoms with Gasteiger partial charge in [0, 0.05) is 31.0 Å². The molecule has 1 heterocycles. The summed E-state index contributed by atoms with van der Waals surface area (Å²) in [5.74, 6) is -0.621. The fourth-order valence-corrected chi connectivity index (χ4v) is 2.92. The first-order chi connectivity index (χ1) is 13.2. The van der Waals surface area contributed by atoms with Crippen molar-refractivity contribution in [2.75, 3.05) is 0 Å². The number of alkyl halides is 3. The second kappa shape index (κ2) is 8.24. The van der Waals surface area contributed by atoms with Crippen molar-refractivity contribution in [2.24, 2.45) is 0 Å². The highest BCUT2D eigenvalue weighted by atomic mass is 35.5. The number of hydrogen-bond acceptors (Lipinski definition) is 2. The van der Waals surface area contributed by atoms with Gasteiger partial charge in [-0.2, -0.15) is 13.2 Å². The zero-order chi connectivity index (χ0) is 20.3. The van der Waals surface area contributed by atoms with Gasteiger partial charge in [-0.05, 0) is 41.5 Å². The van der Waals surface area contributed by atoms with Gasteiger partial charge in [0.05, 0.1) is 21.9 Å². The minimum atomic E-state index is -4.57. The summed E-state index contributed by atoms with van der Waals surface area (Å²) < 4.78 is 41.4. The Morgan fingerprint density at radius 2 is 1.86 bits per heavy atom. The van der Waals surface area contributed by atoms with Crippen molar-refractivity contribution in [3.63, 3.8) is 0 Å². The number of aromatic nitrogens is 2. The Kier molecular flexibility index (Phi) is 5.96. The summed E-state index contributed by atoms with van der Waals surface area (Å²) >= 11 is 11.8. The molecule has 4 nitrogen and oxygen atoms in total. The van der Waals surface area contributed by atoms with E-state index in [0.717, 1.165) is 12.1 Å². The molecule has 0 aliphatic heterocycles. The lowest BCUT2D eigenvalue weighted by atomic mass is 10.0. The molecule has 3 aromatic rings. The first-order valence-corrected chi connectivity index (χ1v) is 8.87. The molecule has 0 radical (unpaired) electrons. The number of amides is 1. The zero-order valence-electron chi connectivity index (χ0n) is 14.3. The first-order valence-electron chi connectivity index (χ1n) is 8.11. The molecule has 0 spiro atoms. The third-order valence-corrected chi connectivity index (χ3v) is 4.68. The predicted molar refractivity (Wildman–Crippen MR) is 100 cm³/mol. The van der Waals surface area contributed by atoms with Gasteiger partial charge in [-0.1, -0.05) is 29.3 Å². The number of nitrogens with zero attached hydrogens (tertiary/aromatic N) is 2. The molecule has 3 rings (SSSR count). The molecule has 0 aliphatic carbocycles. The van der Waals surface area contributed by atoms with Gasteiger partial charge >= 0.3 is 6.18 Å². The van der Waals surface area contributed by atoms with E-state index < -0.39 is 17.6 Å². The second-order valence-corrected chi connectivity index (χ2v) is 6.90. The van der Waals surface area contributed by atoms with Crippen LogP contribution in [-0.2, 0) is 19.3 Å². The Hall–Kier alpha value is -2.51. The zero-order valence-corrected chi connectivity index (χ0v) is 15.8. The van der Waals surface area contributed by atoms with Crippen LogP contribution >= 0.6 is 23.2 Å². The van der Waals surface area contributed by atoms with Crippen molar-refractivity contribution >= 4 is 29.1 Å². The Morgan fingerprint density at radius 1 is 1.07 bits per heavy atom. The first kappa shape index (κ1) is 20.2. The summed E-state index contributed by atoms with van der Waals surface area (Å²) in [6.45, 7) is 0.264. The van der Waals surface area contributed by atoms with Crippen molar-refractivity contribution in [2.45, 2.75) is 19.3 Å². The lowest BCUT2D eigenvalue weighted by molar-refractivity contribution is -0.137. The van der Waals surface area contributed by atoms with Gasteiger partial charge in [0.25, 0.3) is 5.91 Å². The standard InChI is InChI=1S/C19H14Cl2F3N3O/c20-16-2-1-12(7-17(16)21)9-26-18(28)14-5-13(10-27-4-3-25-11-27)6-15(8-14)19(22,23)24/h1-8,11H,9-10H2,(H,26,28). The minimum absolute atomic E-state index is 0.0787. The van der Waals surface area contributed by atoms with E-state index in [0.29, 0.717) is 21.2 Å². The van der Waals surface area contributed by atoms with Crippen LogP contribution in [0.1, 0.15) is 27.0 Å². The van der Waals surface area contributed by atoms with Crippen molar-refractivity contribution in [3.05, 3.63) is 87.4 Å². The molecule has 146 valence electrons. The molecule has 9 heteroatoms. The van der Waals surface area contributed by atoms with Gasteiger partial charge in [-0.25, -0.2) is 4.98 Å². The summed E-state index contributed by atoms with van der Waals surface area (Å²) in [7, 11) is 0. The van der Waals surface area contributed by atoms with E-state index in [1.807, 2.05) is 0 Å². The van der Waals surface area contributed by atoms with Crippen LogP contribution in [-0.4, -0.2) is 15.5 Å². The Balaban J connectivity index is 1.82. The molecule has 1 N–H and O–H groups in total. The van der Waals surface area contributed by atoms with Crippen molar-refractivity contribution < 1.29 is 18.0 Å². The highest BCUT2D eigenvalue weighted by Crippen LogP contribution is 2.31. The predicted octanol–water partition coefficient (Wildman–Crippen LogP) is 5.19. The average molecular weight is 428 g/mol. The van der Waals surface area contributed by atoms with Crippen molar-refractivity contribution in [3.8, 4) is 0 Å². The molecule has 1 aromatic heterocycles. The van der Waals surface area contributed by atoms with Gasteiger partial charge in [0.2, 0.25) is 0 Å². The Labute approximate surface area is 168 Å². The topological polar surface area (TPSA) is 46.9 Å². The SMILES string of the molecule is O=C(NCc1ccc(Cl)c(Cl)c1)c1cc(Cn2ccnc2)cc(C(F)(F)F)c1. The van der Waals surface area contributed by atoms with E-state index in [2.05, 4.69) is 10.3 Å². The number of hydrogen-bond donors (Lipinski definition) is 1. The molecule has 0 saturated carbocycles. The van der Waals surface area contributed by atoms with Crippen LogP contribution < -0.4 is 5.32 Å². The third kappa shape index (κ3) is 5.05. The number of nitrogens with one attached hydrogen (secondary N) is 1. The highest BCUT2D eigenvalue weighted by Gasteiger charge is 2.31. The van der Waals surface area contributed by atoms with Gasteiger partial charge < -0.3 is 9.88 Å². The van der Waals surface area contributed by atoms with Crippen LogP contribution in [0, 0.1) is 0 Å². The molecular weight excluding hydrogens is 414 g/mol. The molecule has 0 fully saturated rings. The van der Waals surface area contributed by atoms with E-state index in [1.54, 1.807) is 29.0 Å². The lowest BCUT2D eigenvalue weighted by Crippen LogP contribution is -2.23. The number of halogens is 5. The molecule has 0 bridgehead atoms. The lowest BCUT2D eigenvalue weighted by Gasteiger charge is -2.13. The molecule has 0 unspecified atom stereocenters. The van der Waals surface area contributed by atoms with Crippen LogP contribution in [0.15, 0.2) is 55.1 Å². The van der Waals surface area contributed by atoms with Crippen molar-refractivity contribution in [1.29, 1.82) is 0 Å². The Bertz CT molecular complexity index is 989. The number of carbonyl (C=O) groups is 1. The van der Waals surface area contributed by atoms with Gasteiger partial charge in [-0.3, -0.25) is 4.79 Å². The van der Waals surface area contributed by atoms with E-state index in [9.17, 15) is 18.0 Å². The van der Waals surface area contributed by atoms with Crippen LogP contribution in [0.5, 0.6) is 0 Å². The summed E-state index contributed by atoms with van der Waals surface area (Å²) in [6.07, 6.45) is 0.0801. The average Bonchev–Trinajstić information content (AvgIpc) is 3.14. The largest absolute Gasteiger partial charge is 0.416 e. The fraction of sp³-hybridized carbons (Fsp3) is 0.158. The Morgan fingerprint density at radius 3 is 2.50 bits per heavy atom. The van der Waals surface area contributed by atoms with E-state index in [-0.39, 0.29) is 18.7 Å². The molecule has 1 amide bonds. The van der Waals surface area contributed by atoms with Crippen molar-refractivity contribution in [1.82, 2.24) is 14.9 Å². The van der Waals surface area contributed by atoms with Gasteiger partial charge in [0.15, 0.2) is 0 Å². The quantitative estimate of drug-likeness (QED) is 0.609. The van der Waals surface area contributed by atoms with Crippen LogP contribution in [0.3, 0.4) is 0 Å². The minimum Gasteiger partial charge on any atom is -0.348 e. The number of rotatable bonds is 5. The van der Waals surface area contributed by atoms with E-state index >= 15 is 0 Å². The summed E-state index contributed by atoms with van der Waals surface area (Å²) in [6, 6.07) is 8.13. The van der Waals surface area contributed by atoms with Crippen LogP contribution in [0.25, 0.3) is 0 Å². The summed E-state index contributed by atoms with van der Waals surface area (Å²) in [5.41, 5.74) is 0.0516. The molecule has 0 aliphatic rings. The molecular formula is C19H14Cl2F3N3O. The third-order valence-electron chi connectivity index (χ3n) is 3.94. The second-order valence-electron chi connectivity index (χ2n) is 6.08. The maximum Gasteiger partial charge on any atom is 0.416 e. The maximum atomic E-state index is 13.2. The summed E-state index contributed by atoms with van der Waals surface area (Å²) in [4.78, 5) is 16.3. The smallest absolute Gasteiger partial charge is 0.348 e. The maximum absolute atomic E-state index is 13.2.